The van der Waals surface area contributed by atoms with Crippen LogP contribution in [0, 0.1) is 6.92 Å². The number of carbonyl (C=O) groups is 2. The molecular formula is C17H14N2O2S. The number of amides is 2. The van der Waals surface area contributed by atoms with Gasteiger partial charge >= 0.3 is 0 Å². The van der Waals surface area contributed by atoms with Crippen molar-refractivity contribution in [3.05, 3.63) is 65.7 Å². The topological polar surface area (TPSA) is 40.6 Å². The minimum Gasteiger partial charge on any atom is -0.309 e. The third kappa shape index (κ3) is 2.51. The average Bonchev–Trinajstić information content (AvgIpc) is 2.83. The molecule has 0 unspecified atom stereocenters. The zero-order chi connectivity index (χ0) is 15.7. The summed E-state index contributed by atoms with van der Waals surface area (Å²) in [5, 5.41) is 0.225. The molecule has 1 aliphatic heterocycles. The van der Waals surface area contributed by atoms with E-state index in [1.54, 1.807) is 29.2 Å². The van der Waals surface area contributed by atoms with Crippen LogP contribution in [0.15, 0.2) is 54.6 Å². The molecule has 0 bridgehead atoms. The van der Waals surface area contributed by atoms with Gasteiger partial charge in [0.05, 0.1) is 0 Å². The first kappa shape index (κ1) is 14.4. The SMILES string of the molecule is Cc1ccc(N2CC(=O)N(C(=O)c3ccccc3)C2=S)cc1. The lowest BCUT2D eigenvalue weighted by Crippen LogP contribution is -2.38. The molecule has 3 rings (SSSR count). The summed E-state index contributed by atoms with van der Waals surface area (Å²) in [6, 6.07) is 16.4. The molecule has 4 nitrogen and oxygen atoms in total. The van der Waals surface area contributed by atoms with Crippen molar-refractivity contribution in [2.24, 2.45) is 0 Å². The van der Waals surface area contributed by atoms with Crippen molar-refractivity contribution in [1.29, 1.82) is 0 Å². The fourth-order valence-electron chi connectivity index (χ4n) is 2.34. The van der Waals surface area contributed by atoms with Gasteiger partial charge in [0, 0.05) is 11.3 Å². The third-order valence-corrected chi connectivity index (χ3v) is 3.94. The predicted molar refractivity (Wildman–Crippen MR) is 88.7 cm³/mol. The van der Waals surface area contributed by atoms with Gasteiger partial charge in [-0.25, -0.2) is 4.90 Å². The van der Waals surface area contributed by atoms with Crippen LogP contribution in [0.4, 0.5) is 5.69 Å². The van der Waals surface area contributed by atoms with Crippen molar-refractivity contribution in [2.45, 2.75) is 6.92 Å². The average molecular weight is 310 g/mol. The van der Waals surface area contributed by atoms with E-state index in [1.165, 1.54) is 0 Å². The van der Waals surface area contributed by atoms with Crippen molar-refractivity contribution in [3.8, 4) is 0 Å². The maximum absolute atomic E-state index is 12.5. The minimum absolute atomic E-state index is 0.0838. The second kappa shape index (κ2) is 5.69. The highest BCUT2D eigenvalue weighted by Gasteiger charge is 2.38. The number of hydrogen-bond donors (Lipinski definition) is 0. The molecule has 1 aliphatic rings. The van der Waals surface area contributed by atoms with Crippen LogP contribution in [0.5, 0.6) is 0 Å². The minimum atomic E-state index is -0.384. The lowest BCUT2D eigenvalue weighted by Gasteiger charge is -2.19. The molecule has 2 aromatic rings. The van der Waals surface area contributed by atoms with E-state index >= 15 is 0 Å². The summed E-state index contributed by atoms with van der Waals surface area (Å²) in [5.41, 5.74) is 2.38. The number of rotatable bonds is 2. The Kier molecular flexibility index (Phi) is 3.73. The summed E-state index contributed by atoms with van der Waals surface area (Å²) < 4.78 is 0. The van der Waals surface area contributed by atoms with Gasteiger partial charge in [0.25, 0.3) is 11.8 Å². The van der Waals surface area contributed by atoms with E-state index in [1.807, 2.05) is 37.3 Å². The van der Waals surface area contributed by atoms with Gasteiger partial charge in [0.15, 0.2) is 5.11 Å². The lowest BCUT2D eigenvalue weighted by atomic mass is 10.2. The van der Waals surface area contributed by atoms with E-state index in [-0.39, 0.29) is 23.5 Å². The molecule has 1 fully saturated rings. The number of imide groups is 1. The van der Waals surface area contributed by atoms with Crippen molar-refractivity contribution in [1.82, 2.24) is 4.90 Å². The fourth-order valence-corrected chi connectivity index (χ4v) is 2.69. The smallest absolute Gasteiger partial charge is 0.266 e. The van der Waals surface area contributed by atoms with Gasteiger partial charge in [-0.05, 0) is 43.4 Å². The van der Waals surface area contributed by atoms with Crippen molar-refractivity contribution >= 4 is 34.8 Å². The van der Waals surface area contributed by atoms with E-state index in [4.69, 9.17) is 12.2 Å². The summed E-state index contributed by atoms with van der Waals surface area (Å²) in [4.78, 5) is 27.5. The largest absolute Gasteiger partial charge is 0.309 e. The Morgan fingerprint density at radius 1 is 1.05 bits per heavy atom. The third-order valence-electron chi connectivity index (χ3n) is 3.53. The molecule has 0 N–H and O–H groups in total. The quantitative estimate of drug-likeness (QED) is 0.632. The van der Waals surface area contributed by atoms with Gasteiger partial charge in [-0.15, -0.1) is 0 Å². The molecular weight excluding hydrogens is 296 g/mol. The number of hydrogen-bond acceptors (Lipinski definition) is 3. The van der Waals surface area contributed by atoms with E-state index in [0.29, 0.717) is 5.56 Å². The standard InChI is InChI=1S/C17H14N2O2S/c1-12-7-9-14(10-8-12)18-11-15(20)19(17(18)22)16(21)13-5-3-2-4-6-13/h2-10H,11H2,1H3. The fraction of sp³-hybridized carbons (Fsp3) is 0.118. The number of benzene rings is 2. The molecule has 1 heterocycles. The molecule has 2 aromatic carbocycles. The molecule has 0 aromatic heterocycles. The Bertz CT molecular complexity index is 741. The normalized spacial score (nSPS) is 14.6. The number of aryl methyl sites for hydroxylation is 1. The summed E-state index contributed by atoms with van der Waals surface area (Å²) in [7, 11) is 0. The molecule has 0 spiro atoms. The predicted octanol–water partition coefficient (Wildman–Crippen LogP) is 2.77. The number of nitrogens with zero attached hydrogens (tertiary/aromatic N) is 2. The van der Waals surface area contributed by atoms with Gasteiger partial charge in [-0.1, -0.05) is 35.9 Å². The molecule has 0 saturated carbocycles. The van der Waals surface area contributed by atoms with Crippen LogP contribution in [-0.4, -0.2) is 28.4 Å². The van der Waals surface area contributed by atoms with Gasteiger partial charge in [-0.3, -0.25) is 9.59 Å². The highest BCUT2D eigenvalue weighted by atomic mass is 32.1. The van der Waals surface area contributed by atoms with Crippen molar-refractivity contribution in [3.63, 3.8) is 0 Å². The zero-order valence-electron chi connectivity index (χ0n) is 12.0. The van der Waals surface area contributed by atoms with Crippen LogP contribution in [0.25, 0.3) is 0 Å². The summed E-state index contributed by atoms with van der Waals surface area (Å²) in [5.74, 6) is -0.690. The Morgan fingerprint density at radius 2 is 1.68 bits per heavy atom. The van der Waals surface area contributed by atoms with Crippen LogP contribution < -0.4 is 4.90 Å². The van der Waals surface area contributed by atoms with Crippen LogP contribution in [0.1, 0.15) is 15.9 Å². The molecule has 1 saturated heterocycles. The van der Waals surface area contributed by atoms with E-state index in [0.717, 1.165) is 16.2 Å². The van der Waals surface area contributed by atoms with Crippen LogP contribution in [0.2, 0.25) is 0 Å². The lowest BCUT2D eigenvalue weighted by molar-refractivity contribution is -0.122. The Balaban J connectivity index is 1.89. The van der Waals surface area contributed by atoms with Gasteiger partial charge in [-0.2, -0.15) is 0 Å². The maximum Gasteiger partial charge on any atom is 0.266 e. The number of carbonyl (C=O) groups excluding carboxylic acids is 2. The molecule has 0 radical (unpaired) electrons. The second-order valence-corrected chi connectivity index (χ2v) is 5.47. The van der Waals surface area contributed by atoms with Crippen molar-refractivity contribution in [2.75, 3.05) is 11.4 Å². The first-order valence-electron chi connectivity index (χ1n) is 6.88. The molecule has 0 aliphatic carbocycles. The molecule has 2 amide bonds. The first-order chi connectivity index (χ1) is 10.6. The number of thiocarbonyl (C=S) groups is 1. The first-order valence-corrected chi connectivity index (χ1v) is 7.29. The van der Waals surface area contributed by atoms with Crippen LogP contribution in [-0.2, 0) is 4.79 Å². The maximum atomic E-state index is 12.5. The summed E-state index contributed by atoms with van der Waals surface area (Å²) in [6.45, 7) is 2.07. The summed E-state index contributed by atoms with van der Waals surface area (Å²) >= 11 is 5.34. The molecule has 5 heteroatoms. The van der Waals surface area contributed by atoms with E-state index in [2.05, 4.69) is 0 Å². The van der Waals surface area contributed by atoms with Gasteiger partial charge in [0.1, 0.15) is 6.54 Å². The van der Waals surface area contributed by atoms with E-state index < -0.39 is 0 Å². The second-order valence-electron chi connectivity index (χ2n) is 5.10. The Morgan fingerprint density at radius 3 is 2.32 bits per heavy atom. The molecule has 22 heavy (non-hydrogen) atoms. The van der Waals surface area contributed by atoms with E-state index in [9.17, 15) is 9.59 Å². The zero-order valence-corrected chi connectivity index (χ0v) is 12.8. The molecule has 110 valence electrons. The monoisotopic (exact) mass is 310 g/mol. The van der Waals surface area contributed by atoms with Crippen LogP contribution >= 0.6 is 12.2 Å². The highest BCUT2D eigenvalue weighted by Crippen LogP contribution is 2.23. The number of anilines is 1. The van der Waals surface area contributed by atoms with Crippen LogP contribution in [0.3, 0.4) is 0 Å². The summed E-state index contributed by atoms with van der Waals surface area (Å²) in [6.07, 6.45) is 0. The highest BCUT2D eigenvalue weighted by molar-refractivity contribution is 7.80. The Hall–Kier alpha value is -2.53. The van der Waals surface area contributed by atoms with Gasteiger partial charge < -0.3 is 4.90 Å². The van der Waals surface area contributed by atoms with Crippen molar-refractivity contribution < 1.29 is 9.59 Å². The molecule has 0 atom stereocenters. The Labute approximate surface area is 134 Å². The van der Waals surface area contributed by atoms with Gasteiger partial charge in [0.2, 0.25) is 0 Å².